The molecule has 0 bridgehead atoms. The van der Waals surface area contributed by atoms with E-state index < -0.39 is 35.1 Å². The van der Waals surface area contributed by atoms with Crippen LogP contribution in [-0.2, 0) is 9.47 Å². The van der Waals surface area contributed by atoms with Gasteiger partial charge in [-0.15, -0.1) is 0 Å². The molecule has 0 aromatic heterocycles. The van der Waals surface area contributed by atoms with Gasteiger partial charge in [-0.25, -0.2) is 17.6 Å². The quantitative estimate of drug-likeness (QED) is 0.506. The zero-order chi connectivity index (χ0) is 20.1. The van der Waals surface area contributed by atoms with Crippen LogP contribution < -0.4 is 0 Å². The first-order valence-corrected chi connectivity index (χ1v) is 9.17. The molecule has 1 aliphatic rings. The summed E-state index contributed by atoms with van der Waals surface area (Å²) in [6, 6.07) is 5.24. The van der Waals surface area contributed by atoms with Crippen LogP contribution >= 0.6 is 0 Å². The van der Waals surface area contributed by atoms with Crippen molar-refractivity contribution < 1.29 is 27.0 Å². The van der Waals surface area contributed by atoms with Crippen molar-refractivity contribution in [1.82, 2.24) is 0 Å². The van der Waals surface area contributed by atoms with Crippen LogP contribution in [0.3, 0.4) is 0 Å². The average Bonchev–Trinajstić information content (AvgIpc) is 2.68. The molecule has 0 N–H and O–H groups in total. The van der Waals surface area contributed by atoms with E-state index in [-0.39, 0.29) is 17.0 Å². The number of hydrogen-bond donors (Lipinski definition) is 0. The lowest BCUT2D eigenvalue weighted by molar-refractivity contribution is -0.206. The fourth-order valence-electron chi connectivity index (χ4n) is 2.95. The molecule has 0 spiro atoms. The van der Waals surface area contributed by atoms with Crippen molar-refractivity contribution in [3.63, 3.8) is 0 Å². The van der Waals surface area contributed by atoms with E-state index in [0.29, 0.717) is 13.2 Å². The summed E-state index contributed by atoms with van der Waals surface area (Å²) in [5, 5.41) is 0. The summed E-state index contributed by atoms with van der Waals surface area (Å²) in [7, 11) is 0. The third-order valence-electron chi connectivity index (χ3n) is 4.52. The Bertz CT molecular complexity index is 870. The molecule has 1 heterocycles. The summed E-state index contributed by atoms with van der Waals surface area (Å²) >= 11 is 0. The number of benzene rings is 2. The molecule has 1 fully saturated rings. The molecule has 2 aromatic carbocycles. The summed E-state index contributed by atoms with van der Waals surface area (Å²) in [5.41, 5.74) is -0.105. The minimum Gasteiger partial charge on any atom is -0.348 e. The first-order valence-electron chi connectivity index (χ1n) is 9.17. The van der Waals surface area contributed by atoms with E-state index in [1.165, 1.54) is 6.07 Å². The van der Waals surface area contributed by atoms with Gasteiger partial charge in [0.05, 0.1) is 18.8 Å². The lowest BCUT2D eigenvalue weighted by Gasteiger charge is -2.29. The fraction of sp³-hybridized carbons (Fsp3) is 0.364. The van der Waals surface area contributed by atoms with Gasteiger partial charge in [-0.3, -0.25) is 0 Å². The second-order valence-electron chi connectivity index (χ2n) is 6.75. The highest BCUT2D eigenvalue weighted by Crippen LogP contribution is 2.29. The van der Waals surface area contributed by atoms with Crippen molar-refractivity contribution in [3.05, 3.63) is 70.3 Å². The Morgan fingerprint density at radius 1 is 0.893 bits per heavy atom. The van der Waals surface area contributed by atoms with Crippen LogP contribution in [0.2, 0.25) is 0 Å². The summed E-state index contributed by atoms with van der Waals surface area (Å²) in [5.74, 6) is 1.22. The zero-order valence-electron chi connectivity index (χ0n) is 15.4. The highest BCUT2D eigenvalue weighted by molar-refractivity contribution is 5.45. The smallest absolute Gasteiger partial charge is 0.184 e. The van der Waals surface area contributed by atoms with Crippen molar-refractivity contribution >= 4 is 0 Å². The van der Waals surface area contributed by atoms with Crippen LogP contribution in [0.25, 0.3) is 0 Å². The molecule has 3 rings (SSSR count). The fourth-order valence-corrected chi connectivity index (χ4v) is 2.95. The molecular formula is C22H20F4O2. The molecule has 6 heteroatoms. The van der Waals surface area contributed by atoms with E-state index in [0.717, 1.165) is 43.5 Å². The SMILES string of the molecule is CCCCC1COC(c2cc(F)c(C#Cc3ccc(F)c(F)c3)c(F)c2)OC1. The molecule has 2 nitrogen and oxygen atoms in total. The van der Waals surface area contributed by atoms with Crippen molar-refractivity contribution in [1.29, 1.82) is 0 Å². The van der Waals surface area contributed by atoms with Gasteiger partial charge in [0.2, 0.25) is 0 Å². The van der Waals surface area contributed by atoms with Gasteiger partial charge in [0.25, 0.3) is 0 Å². The van der Waals surface area contributed by atoms with E-state index in [9.17, 15) is 17.6 Å². The van der Waals surface area contributed by atoms with Crippen molar-refractivity contribution in [2.24, 2.45) is 5.92 Å². The molecule has 1 saturated heterocycles. The van der Waals surface area contributed by atoms with Crippen LogP contribution in [0.4, 0.5) is 17.6 Å². The predicted molar refractivity (Wildman–Crippen MR) is 96.4 cm³/mol. The Morgan fingerprint density at radius 3 is 2.18 bits per heavy atom. The van der Waals surface area contributed by atoms with Crippen molar-refractivity contribution in [2.45, 2.75) is 32.5 Å². The number of rotatable bonds is 4. The maximum atomic E-state index is 14.4. The van der Waals surface area contributed by atoms with Crippen LogP contribution in [-0.4, -0.2) is 13.2 Å². The predicted octanol–water partition coefficient (Wildman–Crippen LogP) is 5.49. The summed E-state index contributed by atoms with van der Waals surface area (Å²) in [6.07, 6.45) is 2.33. The normalized spacial score (nSPS) is 19.2. The maximum absolute atomic E-state index is 14.4. The molecule has 148 valence electrons. The average molecular weight is 392 g/mol. The van der Waals surface area contributed by atoms with Gasteiger partial charge >= 0.3 is 0 Å². The minimum atomic E-state index is -1.08. The van der Waals surface area contributed by atoms with Gasteiger partial charge in [0.1, 0.15) is 11.6 Å². The number of hydrogen-bond acceptors (Lipinski definition) is 2. The monoisotopic (exact) mass is 392 g/mol. The summed E-state index contributed by atoms with van der Waals surface area (Å²) in [4.78, 5) is 0. The molecule has 0 atom stereocenters. The number of ether oxygens (including phenoxy) is 2. The molecular weight excluding hydrogens is 372 g/mol. The Balaban J connectivity index is 1.73. The second kappa shape index (κ2) is 9.22. The first kappa shape index (κ1) is 20.4. The van der Waals surface area contributed by atoms with Gasteiger partial charge in [-0.2, -0.15) is 0 Å². The van der Waals surface area contributed by atoms with Gasteiger partial charge in [-0.05, 0) is 36.8 Å². The first-order chi connectivity index (χ1) is 13.5. The van der Waals surface area contributed by atoms with E-state index in [1.807, 2.05) is 0 Å². The summed E-state index contributed by atoms with van der Waals surface area (Å²) in [6.45, 7) is 3.06. The van der Waals surface area contributed by atoms with Gasteiger partial charge < -0.3 is 9.47 Å². The molecule has 2 aromatic rings. The molecule has 0 unspecified atom stereocenters. The van der Waals surface area contributed by atoms with Crippen LogP contribution in [0.15, 0.2) is 30.3 Å². The highest BCUT2D eigenvalue weighted by atomic mass is 19.2. The topological polar surface area (TPSA) is 18.5 Å². The molecule has 1 aliphatic heterocycles. The molecule has 0 aliphatic carbocycles. The minimum absolute atomic E-state index is 0.110. The van der Waals surface area contributed by atoms with Gasteiger partial charge in [-0.1, -0.05) is 31.6 Å². The van der Waals surface area contributed by atoms with E-state index in [4.69, 9.17) is 9.47 Å². The second-order valence-corrected chi connectivity index (χ2v) is 6.75. The van der Waals surface area contributed by atoms with Crippen molar-refractivity contribution in [2.75, 3.05) is 13.2 Å². The van der Waals surface area contributed by atoms with E-state index in [2.05, 4.69) is 18.8 Å². The molecule has 0 saturated carbocycles. The summed E-state index contributed by atoms with van der Waals surface area (Å²) < 4.78 is 66.1. The standard InChI is InChI=1S/C22H20F4O2/c1-2-3-4-15-12-27-22(28-13-15)16-10-19(24)17(20(25)11-16)7-5-14-6-8-18(23)21(26)9-14/h6,8-11,15,22H,2-4,12-13H2,1H3. The van der Waals surface area contributed by atoms with E-state index in [1.54, 1.807) is 0 Å². The van der Waals surface area contributed by atoms with Crippen LogP contribution in [0.5, 0.6) is 0 Å². The van der Waals surface area contributed by atoms with E-state index >= 15 is 0 Å². The van der Waals surface area contributed by atoms with Gasteiger partial charge in [0.15, 0.2) is 17.9 Å². The molecule has 28 heavy (non-hydrogen) atoms. The van der Waals surface area contributed by atoms with Crippen LogP contribution in [0.1, 0.15) is 49.2 Å². The maximum Gasteiger partial charge on any atom is 0.184 e. The van der Waals surface area contributed by atoms with Gasteiger partial charge in [0, 0.05) is 17.0 Å². The lowest BCUT2D eigenvalue weighted by atomic mass is 10.0. The lowest BCUT2D eigenvalue weighted by Crippen LogP contribution is -2.27. The molecule has 0 amide bonds. The Morgan fingerprint density at radius 2 is 1.57 bits per heavy atom. The third-order valence-corrected chi connectivity index (χ3v) is 4.52. The molecule has 0 radical (unpaired) electrons. The third kappa shape index (κ3) is 4.92. The number of halogens is 4. The Labute approximate surface area is 161 Å². The Kier molecular flexibility index (Phi) is 6.71. The Hall–Kier alpha value is -2.36. The largest absolute Gasteiger partial charge is 0.348 e. The zero-order valence-corrected chi connectivity index (χ0v) is 15.4. The van der Waals surface area contributed by atoms with Crippen molar-refractivity contribution in [3.8, 4) is 11.8 Å². The highest BCUT2D eigenvalue weighted by Gasteiger charge is 2.25. The number of unbranched alkanes of at least 4 members (excludes halogenated alkanes) is 1. The van der Waals surface area contributed by atoms with Crippen LogP contribution in [0, 0.1) is 41.0 Å².